The molecule has 0 aliphatic rings. The van der Waals surface area contributed by atoms with Gasteiger partial charge in [-0.05, 0) is 24.1 Å². The Bertz CT molecular complexity index is 203. The molecule has 0 unspecified atom stereocenters. The van der Waals surface area contributed by atoms with Crippen LogP contribution in [0.1, 0.15) is 11.1 Å². The maximum absolute atomic E-state index is 5.41. The van der Waals surface area contributed by atoms with Gasteiger partial charge in [-0.15, -0.1) is 24.8 Å². The SMILES string of the molecule is Cc1ccncc1CN.Cl.Cl. The van der Waals surface area contributed by atoms with Crippen molar-refractivity contribution in [3.8, 4) is 0 Å². The fraction of sp³-hybridized carbons (Fsp3) is 0.286. The first kappa shape index (κ1) is 13.3. The van der Waals surface area contributed by atoms with E-state index in [1.165, 1.54) is 5.56 Å². The van der Waals surface area contributed by atoms with Gasteiger partial charge in [0.15, 0.2) is 0 Å². The molecule has 4 heteroatoms. The Balaban J connectivity index is 0. The van der Waals surface area contributed by atoms with Gasteiger partial charge in [-0.2, -0.15) is 0 Å². The molecule has 1 rings (SSSR count). The van der Waals surface area contributed by atoms with Crippen molar-refractivity contribution in [1.82, 2.24) is 4.98 Å². The molecule has 1 heterocycles. The molecule has 0 saturated heterocycles. The number of nitrogens with two attached hydrogens (primary N) is 1. The zero-order valence-electron chi connectivity index (χ0n) is 6.28. The van der Waals surface area contributed by atoms with Gasteiger partial charge in [-0.25, -0.2) is 0 Å². The van der Waals surface area contributed by atoms with Crippen molar-refractivity contribution in [2.45, 2.75) is 13.5 Å². The van der Waals surface area contributed by atoms with Crippen molar-refractivity contribution in [1.29, 1.82) is 0 Å². The average molecular weight is 195 g/mol. The van der Waals surface area contributed by atoms with Gasteiger partial charge in [0, 0.05) is 18.9 Å². The highest BCUT2D eigenvalue weighted by Crippen LogP contribution is 2.01. The number of nitrogens with zero attached hydrogens (tertiary/aromatic N) is 1. The van der Waals surface area contributed by atoms with Crippen LogP contribution >= 0.6 is 24.8 Å². The largest absolute Gasteiger partial charge is 0.326 e. The first-order valence-corrected chi connectivity index (χ1v) is 2.94. The second-order valence-corrected chi connectivity index (χ2v) is 2.01. The Hall–Kier alpha value is -0.310. The van der Waals surface area contributed by atoms with Crippen molar-refractivity contribution >= 4 is 24.8 Å². The third-order valence-electron chi connectivity index (χ3n) is 1.37. The summed E-state index contributed by atoms with van der Waals surface area (Å²) in [6.45, 7) is 2.61. The van der Waals surface area contributed by atoms with E-state index in [1.807, 2.05) is 13.0 Å². The summed E-state index contributed by atoms with van der Waals surface area (Å²) in [7, 11) is 0. The van der Waals surface area contributed by atoms with Crippen LogP contribution in [0.4, 0.5) is 0 Å². The molecule has 0 radical (unpaired) electrons. The number of pyridine rings is 1. The summed E-state index contributed by atoms with van der Waals surface area (Å²) < 4.78 is 0. The van der Waals surface area contributed by atoms with E-state index in [0.717, 1.165) is 5.56 Å². The maximum Gasteiger partial charge on any atom is 0.0315 e. The zero-order chi connectivity index (χ0) is 6.69. The molecule has 0 aromatic carbocycles. The molecule has 2 N–H and O–H groups in total. The Labute approximate surface area is 79.0 Å². The molecule has 0 bridgehead atoms. The van der Waals surface area contributed by atoms with Crippen LogP contribution in [-0.2, 0) is 6.54 Å². The molecule has 1 aromatic rings. The van der Waals surface area contributed by atoms with Crippen LogP contribution in [0, 0.1) is 6.92 Å². The number of rotatable bonds is 1. The average Bonchev–Trinajstić information content (AvgIpc) is 1.89. The Morgan fingerprint density at radius 2 is 2.09 bits per heavy atom. The van der Waals surface area contributed by atoms with Crippen LogP contribution < -0.4 is 5.73 Å². The van der Waals surface area contributed by atoms with Gasteiger partial charge in [0.2, 0.25) is 0 Å². The molecular weight excluding hydrogens is 183 g/mol. The van der Waals surface area contributed by atoms with Crippen LogP contribution in [0.25, 0.3) is 0 Å². The van der Waals surface area contributed by atoms with Crippen LogP contribution in [0.3, 0.4) is 0 Å². The van der Waals surface area contributed by atoms with Crippen molar-refractivity contribution in [3.63, 3.8) is 0 Å². The standard InChI is InChI=1S/C7H10N2.2ClH/c1-6-2-3-9-5-7(6)4-8;;/h2-3,5H,4,8H2,1H3;2*1H. The van der Waals surface area contributed by atoms with E-state index >= 15 is 0 Å². The van der Waals surface area contributed by atoms with Gasteiger partial charge in [0.25, 0.3) is 0 Å². The zero-order valence-corrected chi connectivity index (χ0v) is 7.91. The number of aromatic nitrogens is 1. The Morgan fingerprint density at radius 3 is 2.45 bits per heavy atom. The van der Waals surface area contributed by atoms with Gasteiger partial charge in [0.05, 0.1) is 0 Å². The normalized spacial score (nSPS) is 7.82. The third-order valence-corrected chi connectivity index (χ3v) is 1.37. The fourth-order valence-electron chi connectivity index (χ4n) is 0.710. The molecule has 64 valence electrons. The van der Waals surface area contributed by atoms with Gasteiger partial charge >= 0.3 is 0 Å². The summed E-state index contributed by atoms with van der Waals surface area (Å²) in [5.74, 6) is 0. The highest BCUT2D eigenvalue weighted by Gasteiger charge is 1.90. The summed E-state index contributed by atoms with van der Waals surface area (Å²) >= 11 is 0. The second kappa shape index (κ2) is 6.40. The monoisotopic (exact) mass is 194 g/mol. The predicted octanol–water partition coefficient (Wildman–Crippen LogP) is 1.69. The van der Waals surface area contributed by atoms with Crippen molar-refractivity contribution in [3.05, 3.63) is 29.6 Å². The molecule has 0 saturated carbocycles. The van der Waals surface area contributed by atoms with E-state index in [1.54, 1.807) is 12.4 Å². The molecule has 0 amide bonds. The quantitative estimate of drug-likeness (QED) is 0.740. The van der Waals surface area contributed by atoms with E-state index in [2.05, 4.69) is 4.98 Å². The minimum absolute atomic E-state index is 0. The molecule has 1 aromatic heterocycles. The van der Waals surface area contributed by atoms with Gasteiger partial charge in [0.1, 0.15) is 0 Å². The van der Waals surface area contributed by atoms with Crippen LogP contribution in [0.15, 0.2) is 18.5 Å². The van der Waals surface area contributed by atoms with Crippen LogP contribution in [0.2, 0.25) is 0 Å². The summed E-state index contributed by atoms with van der Waals surface area (Å²) in [5.41, 5.74) is 7.75. The number of aryl methyl sites for hydroxylation is 1. The highest BCUT2D eigenvalue weighted by molar-refractivity contribution is 5.85. The molecule has 0 aliphatic heterocycles. The summed E-state index contributed by atoms with van der Waals surface area (Å²) in [4.78, 5) is 3.94. The minimum Gasteiger partial charge on any atom is -0.326 e. The molecule has 0 aliphatic carbocycles. The summed E-state index contributed by atoms with van der Waals surface area (Å²) in [6, 6.07) is 1.96. The third kappa shape index (κ3) is 3.56. The van der Waals surface area contributed by atoms with Gasteiger partial charge in [-0.3, -0.25) is 4.98 Å². The molecule has 0 atom stereocenters. The number of hydrogen-bond donors (Lipinski definition) is 1. The summed E-state index contributed by atoms with van der Waals surface area (Å²) in [6.07, 6.45) is 3.57. The van der Waals surface area contributed by atoms with E-state index < -0.39 is 0 Å². The smallest absolute Gasteiger partial charge is 0.0315 e. The lowest BCUT2D eigenvalue weighted by atomic mass is 10.2. The predicted molar refractivity (Wildman–Crippen MR) is 51.4 cm³/mol. The van der Waals surface area contributed by atoms with E-state index in [9.17, 15) is 0 Å². The van der Waals surface area contributed by atoms with Crippen LogP contribution in [0.5, 0.6) is 0 Å². The lowest BCUT2D eigenvalue weighted by molar-refractivity contribution is 1.02. The van der Waals surface area contributed by atoms with Crippen molar-refractivity contribution in [2.75, 3.05) is 0 Å². The maximum atomic E-state index is 5.41. The fourth-order valence-corrected chi connectivity index (χ4v) is 0.710. The molecular formula is C7H12Cl2N2. The van der Waals surface area contributed by atoms with Crippen molar-refractivity contribution < 1.29 is 0 Å². The van der Waals surface area contributed by atoms with E-state index in [4.69, 9.17) is 5.73 Å². The Kier molecular flexibility index (Phi) is 7.74. The van der Waals surface area contributed by atoms with E-state index in [0.29, 0.717) is 6.54 Å². The highest BCUT2D eigenvalue weighted by atomic mass is 35.5. The summed E-state index contributed by atoms with van der Waals surface area (Å²) in [5, 5.41) is 0. The Morgan fingerprint density at radius 1 is 1.45 bits per heavy atom. The molecule has 0 fully saturated rings. The van der Waals surface area contributed by atoms with E-state index in [-0.39, 0.29) is 24.8 Å². The van der Waals surface area contributed by atoms with Crippen LogP contribution in [-0.4, -0.2) is 4.98 Å². The first-order valence-electron chi connectivity index (χ1n) is 2.94. The van der Waals surface area contributed by atoms with Crippen molar-refractivity contribution in [2.24, 2.45) is 5.73 Å². The molecule has 2 nitrogen and oxygen atoms in total. The lowest BCUT2D eigenvalue weighted by Gasteiger charge is -1.97. The van der Waals surface area contributed by atoms with Gasteiger partial charge in [-0.1, -0.05) is 0 Å². The second-order valence-electron chi connectivity index (χ2n) is 2.01. The topological polar surface area (TPSA) is 38.9 Å². The first-order chi connectivity index (χ1) is 4.34. The lowest BCUT2D eigenvalue weighted by Crippen LogP contribution is -1.98. The minimum atomic E-state index is 0. The van der Waals surface area contributed by atoms with Gasteiger partial charge < -0.3 is 5.73 Å². The number of halogens is 2. The number of hydrogen-bond acceptors (Lipinski definition) is 2. The molecule has 0 spiro atoms. The molecule has 11 heavy (non-hydrogen) atoms.